The Morgan fingerprint density at radius 2 is 2.18 bits per heavy atom. The lowest BCUT2D eigenvalue weighted by atomic mass is 10.0. The maximum Gasteiger partial charge on any atom is 0.272 e. The minimum atomic E-state index is -0.384. The normalized spacial score (nSPS) is 19.9. The van der Waals surface area contributed by atoms with Gasteiger partial charge in [0.25, 0.3) is 5.91 Å². The number of hydrogen-bond acceptors (Lipinski definition) is 4. The van der Waals surface area contributed by atoms with Crippen molar-refractivity contribution in [2.75, 3.05) is 13.6 Å². The molecule has 0 saturated carbocycles. The van der Waals surface area contributed by atoms with Gasteiger partial charge in [0.15, 0.2) is 0 Å². The third-order valence-electron chi connectivity index (χ3n) is 6.06. The predicted molar refractivity (Wildman–Crippen MR) is 145 cm³/mol. The molecule has 2 aliphatic rings. The van der Waals surface area contributed by atoms with E-state index < -0.39 is 0 Å². The quantitative estimate of drug-likeness (QED) is 0.301. The molecule has 1 aromatic rings. The highest BCUT2D eigenvalue weighted by Crippen LogP contribution is 2.27. The van der Waals surface area contributed by atoms with Crippen molar-refractivity contribution in [1.29, 1.82) is 0 Å². The van der Waals surface area contributed by atoms with Gasteiger partial charge in [-0.25, -0.2) is 9.38 Å². The molecule has 0 aliphatic carbocycles. The van der Waals surface area contributed by atoms with Crippen LogP contribution in [0.1, 0.15) is 57.1 Å². The van der Waals surface area contributed by atoms with E-state index in [1.807, 2.05) is 29.8 Å². The Balaban J connectivity index is 1.92. The van der Waals surface area contributed by atoms with E-state index in [0.29, 0.717) is 28.2 Å². The molecule has 1 atom stereocenters. The molecule has 0 aromatic heterocycles. The van der Waals surface area contributed by atoms with Crippen molar-refractivity contribution >= 4 is 47.3 Å². The largest absolute Gasteiger partial charge is 0.335 e. The summed E-state index contributed by atoms with van der Waals surface area (Å²) < 4.78 is 14.8. The lowest BCUT2D eigenvalue weighted by molar-refractivity contribution is -0.125. The van der Waals surface area contributed by atoms with Crippen molar-refractivity contribution in [3.8, 4) is 11.2 Å². The summed E-state index contributed by atoms with van der Waals surface area (Å²) in [6.07, 6.45) is 8.69. The first-order chi connectivity index (χ1) is 15.8. The summed E-state index contributed by atoms with van der Waals surface area (Å²) in [6.45, 7) is 8.98. The third-order valence-corrected chi connectivity index (χ3v) is 6.90. The van der Waals surface area contributed by atoms with E-state index in [2.05, 4.69) is 50.9 Å². The molecule has 33 heavy (non-hydrogen) atoms. The van der Waals surface area contributed by atoms with Crippen LogP contribution in [-0.2, 0) is 4.79 Å². The summed E-state index contributed by atoms with van der Waals surface area (Å²) in [5.74, 6) is 3.06. The van der Waals surface area contributed by atoms with Crippen LogP contribution in [0.2, 0.25) is 0 Å². The maximum absolute atomic E-state index is 14.8. The summed E-state index contributed by atoms with van der Waals surface area (Å²) in [7, 11) is 3.26. The average molecular weight is 578 g/mol. The molecule has 4 nitrogen and oxygen atoms in total. The minimum absolute atomic E-state index is 0.0396. The molecule has 7 heteroatoms. The number of nitrogens with zero attached hydrogens (tertiary/aromatic N) is 3. The molecular weight excluding hydrogens is 548 g/mol. The highest BCUT2D eigenvalue weighted by Gasteiger charge is 2.28. The van der Waals surface area contributed by atoms with Gasteiger partial charge in [-0.05, 0) is 70.2 Å². The van der Waals surface area contributed by atoms with Gasteiger partial charge < -0.3 is 9.80 Å². The van der Waals surface area contributed by atoms with E-state index in [0.717, 1.165) is 44.3 Å². The van der Waals surface area contributed by atoms with Crippen LogP contribution in [-0.4, -0.2) is 41.1 Å². The molecule has 3 rings (SSSR count). The van der Waals surface area contributed by atoms with Crippen LogP contribution in [0.15, 0.2) is 53.4 Å². The number of amides is 1. The van der Waals surface area contributed by atoms with Gasteiger partial charge in [0.1, 0.15) is 17.3 Å². The molecule has 0 N–H and O–H groups in total. The zero-order chi connectivity index (χ0) is 24.0. The Kier molecular flexibility index (Phi) is 9.21. The Bertz CT molecular complexity index is 1080. The second kappa shape index (κ2) is 11.9. The SMILES string of the molecule is C=C(/C=C1/N=C(C(=O)N2CCCCCC2C)C=C(CC)N1C)c1ccc(C#CSI)cc1F. The Morgan fingerprint density at radius 1 is 1.39 bits per heavy atom. The van der Waals surface area contributed by atoms with Crippen LogP contribution in [0.3, 0.4) is 0 Å². The van der Waals surface area contributed by atoms with Crippen LogP contribution in [0, 0.1) is 17.0 Å². The standard InChI is InChI=1S/C26H29FIN3OS/c1-5-21-17-24(26(32)31-13-8-6-7-9-19(31)3)29-25(30(21)4)15-18(2)22-11-10-20(12-14-33-28)16-23(22)27/h10-11,15-17,19H,2,5-9,13H2,1,3-4H3/b25-15-. The predicted octanol–water partition coefficient (Wildman–Crippen LogP) is 6.54. The van der Waals surface area contributed by atoms with Crippen LogP contribution in [0.25, 0.3) is 5.57 Å². The van der Waals surface area contributed by atoms with E-state index in [1.165, 1.54) is 15.0 Å². The summed E-state index contributed by atoms with van der Waals surface area (Å²) in [5, 5.41) is 2.86. The highest BCUT2D eigenvalue weighted by atomic mass is 127. The van der Waals surface area contributed by atoms with Gasteiger partial charge in [-0.15, -0.1) is 0 Å². The first-order valence-corrected chi connectivity index (χ1v) is 14.5. The van der Waals surface area contributed by atoms with Gasteiger partial charge in [0.2, 0.25) is 0 Å². The van der Waals surface area contributed by atoms with Gasteiger partial charge in [0, 0.05) is 57.7 Å². The number of carbonyl (C=O) groups is 1. The first-order valence-electron chi connectivity index (χ1n) is 11.2. The molecule has 1 fully saturated rings. The van der Waals surface area contributed by atoms with Crippen molar-refractivity contribution in [3.05, 3.63) is 65.4 Å². The minimum Gasteiger partial charge on any atom is -0.335 e. The molecule has 1 saturated heterocycles. The number of rotatable bonds is 4. The Morgan fingerprint density at radius 3 is 2.88 bits per heavy atom. The van der Waals surface area contributed by atoms with Crippen LogP contribution in [0.4, 0.5) is 4.39 Å². The molecule has 1 unspecified atom stereocenters. The van der Waals surface area contributed by atoms with Crippen molar-refractivity contribution in [3.63, 3.8) is 0 Å². The van der Waals surface area contributed by atoms with Crippen LogP contribution in [0.5, 0.6) is 0 Å². The van der Waals surface area contributed by atoms with Gasteiger partial charge in [-0.1, -0.05) is 38.3 Å². The number of carbonyl (C=O) groups excluding carboxylic acids is 1. The lowest BCUT2D eigenvalue weighted by Gasteiger charge is -2.31. The van der Waals surface area contributed by atoms with E-state index in [1.54, 1.807) is 18.2 Å². The van der Waals surface area contributed by atoms with Crippen molar-refractivity contribution in [2.24, 2.45) is 4.99 Å². The smallest absolute Gasteiger partial charge is 0.272 e. The van der Waals surface area contributed by atoms with E-state index in [9.17, 15) is 9.18 Å². The second-order valence-electron chi connectivity index (χ2n) is 8.27. The number of benzene rings is 1. The zero-order valence-corrected chi connectivity index (χ0v) is 22.3. The van der Waals surface area contributed by atoms with Gasteiger partial charge >= 0.3 is 0 Å². The molecule has 0 spiro atoms. The molecule has 2 heterocycles. The summed E-state index contributed by atoms with van der Waals surface area (Å²) in [4.78, 5) is 21.9. The van der Waals surface area contributed by atoms with Crippen molar-refractivity contribution in [2.45, 2.75) is 52.0 Å². The highest BCUT2D eigenvalue weighted by molar-refractivity contribution is 14.2. The number of halogens is 2. The number of likely N-dealkylation sites (tertiary alicyclic amines) is 1. The molecule has 0 radical (unpaired) electrons. The molecule has 2 aliphatic heterocycles. The topological polar surface area (TPSA) is 35.9 Å². The van der Waals surface area contributed by atoms with Gasteiger partial charge in [-0.2, -0.15) is 0 Å². The Hall–Kier alpha value is -2.05. The number of allylic oxidation sites excluding steroid dienone is 3. The summed E-state index contributed by atoms with van der Waals surface area (Å²) >= 11 is 2.08. The number of aliphatic imine (C=N–C) groups is 1. The molecule has 1 aromatic carbocycles. The van der Waals surface area contributed by atoms with Gasteiger partial charge in [0.05, 0.1) is 0 Å². The maximum atomic E-state index is 14.8. The van der Waals surface area contributed by atoms with Crippen molar-refractivity contribution in [1.82, 2.24) is 9.80 Å². The van der Waals surface area contributed by atoms with Gasteiger partial charge in [-0.3, -0.25) is 4.79 Å². The molecule has 1 amide bonds. The van der Waals surface area contributed by atoms with Crippen LogP contribution >= 0.6 is 30.1 Å². The summed E-state index contributed by atoms with van der Waals surface area (Å²) in [5.41, 5.74) is 2.91. The van der Waals surface area contributed by atoms with Crippen molar-refractivity contribution < 1.29 is 9.18 Å². The molecule has 174 valence electrons. The average Bonchev–Trinajstić information content (AvgIpc) is 3.02. The third kappa shape index (κ3) is 6.30. The molecule has 0 bridgehead atoms. The van der Waals surface area contributed by atoms with E-state index >= 15 is 0 Å². The van der Waals surface area contributed by atoms with Crippen LogP contribution < -0.4 is 0 Å². The fourth-order valence-electron chi connectivity index (χ4n) is 4.10. The lowest BCUT2D eigenvalue weighted by Crippen LogP contribution is -2.43. The summed E-state index contributed by atoms with van der Waals surface area (Å²) in [6, 6.07) is 5.08. The zero-order valence-electron chi connectivity index (χ0n) is 19.3. The fourth-order valence-corrected chi connectivity index (χ4v) is 4.59. The first kappa shape index (κ1) is 25.6. The monoisotopic (exact) mass is 577 g/mol. The molecular formula is C26H29FIN3OS. The number of hydrogen-bond donors (Lipinski definition) is 0. The van der Waals surface area contributed by atoms with E-state index in [-0.39, 0.29) is 17.8 Å². The Labute approximate surface area is 212 Å². The second-order valence-corrected chi connectivity index (χ2v) is 9.95. The van der Waals surface area contributed by atoms with E-state index in [4.69, 9.17) is 0 Å². The fraction of sp³-hybridized carbons (Fsp3) is 0.385.